The average molecular weight is 314 g/mol. The van der Waals surface area contributed by atoms with Crippen LogP contribution in [0.25, 0.3) is 0 Å². The molecule has 114 valence electrons. The first kappa shape index (κ1) is 15.4. The lowest BCUT2D eigenvalue weighted by Crippen LogP contribution is -2.54. The van der Waals surface area contributed by atoms with Gasteiger partial charge in [-0.1, -0.05) is 12.1 Å². The Labute approximate surface area is 121 Å². The first-order valence-electron chi connectivity index (χ1n) is 6.25. The number of carboxylic acids is 1. The number of hydrogen-bond acceptors (Lipinski definition) is 5. The van der Waals surface area contributed by atoms with E-state index in [0.717, 1.165) is 12.1 Å². The highest BCUT2D eigenvalue weighted by molar-refractivity contribution is 7.89. The van der Waals surface area contributed by atoms with Crippen LogP contribution >= 0.6 is 0 Å². The van der Waals surface area contributed by atoms with Gasteiger partial charge in [-0.3, -0.25) is 14.9 Å². The van der Waals surface area contributed by atoms with E-state index in [1.807, 2.05) is 0 Å². The van der Waals surface area contributed by atoms with E-state index in [-0.39, 0.29) is 6.42 Å². The monoisotopic (exact) mass is 314 g/mol. The molecule has 1 aliphatic carbocycles. The second kappa shape index (κ2) is 5.41. The molecule has 2 N–H and O–H groups in total. The van der Waals surface area contributed by atoms with Crippen LogP contribution in [0, 0.1) is 10.1 Å². The molecule has 2 rings (SSSR count). The van der Waals surface area contributed by atoms with Gasteiger partial charge in [-0.05, 0) is 25.3 Å². The number of sulfonamides is 1. The topological polar surface area (TPSA) is 127 Å². The maximum atomic E-state index is 12.3. The Bertz CT molecular complexity index is 681. The summed E-state index contributed by atoms with van der Waals surface area (Å²) in [6, 6.07) is 4.98. The third kappa shape index (κ3) is 3.19. The molecule has 0 aliphatic heterocycles. The summed E-state index contributed by atoms with van der Waals surface area (Å²) in [6.07, 6.45) is 1.18. The van der Waals surface area contributed by atoms with Crippen molar-refractivity contribution >= 4 is 21.7 Å². The number of nitrogens with zero attached hydrogens (tertiary/aromatic N) is 1. The van der Waals surface area contributed by atoms with E-state index in [0.29, 0.717) is 19.3 Å². The number of carboxylic acid groups (broad SMARTS) is 1. The number of benzene rings is 1. The Morgan fingerprint density at radius 3 is 2.48 bits per heavy atom. The molecule has 1 fully saturated rings. The number of hydrogen-bond donors (Lipinski definition) is 2. The van der Waals surface area contributed by atoms with Crippen molar-refractivity contribution < 1.29 is 23.2 Å². The Morgan fingerprint density at radius 2 is 2.00 bits per heavy atom. The van der Waals surface area contributed by atoms with Gasteiger partial charge < -0.3 is 5.11 Å². The Morgan fingerprint density at radius 1 is 1.38 bits per heavy atom. The molecule has 1 aromatic rings. The van der Waals surface area contributed by atoms with Crippen molar-refractivity contribution in [3.05, 3.63) is 34.4 Å². The van der Waals surface area contributed by atoms with E-state index < -0.39 is 37.0 Å². The summed E-state index contributed by atoms with van der Waals surface area (Å²) in [5.74, 6) is -1.11. The average Bonchev–Trinajstić information content (AvgIpc) is 2.35. The zero-order valence-corrected chi connectivity index (χ0v) is 11.8. The minimum absolute atomic E-state index is 0.340. The first-order chi connectivity index (χ1) is 9.76. The molecule has 1 aromatic carbocycles. The largest absolute Gasteiger partial charge is 0.481 e. The van der Waals surface area contributed by atoms with Crippen molar-refractivity contribution in [3.8, 4) is 0 Å². The quantitative estimate of drug-likeness (QED) is 0.601. The van der Waals surface area contributed by atoms with E-state index in [4.69, 9.17) is 5.11 Å². The Balaban J connectivity index is 2.35. The fourth-order valence-corrected chi connectivity index (χ4v) is 4.02. The molecule has 0 amide bonds. The molecular formula is C12H14N2O6S. The van der Waals surface area contributed by atoms with E-state index in [1.165, 1.54) is 12.1 Å². The van der Waals surface area contributed by atoms with Crippen molar-refractivity contribution in [1.29, 1.82) is 0 Å². The van der Waals surface area contributed by atoms with Crippen LogP contribution in [0.4, 0.5) is 5.69 Å². The van der Waals surface area contributed by atoms with Crippen molar-refractivity contribution in [2.45, 2.75) is 36.1 Å². The summed E-state index contributed by atoms with van der Waals surface area (Å²) in [4.78, 5) is 20.5. The second-order valence-corrected chi connectivity index (χ2v) is 6.69. The maximum Gasteiger partial charge on any atom is 0.305 e. The molecular weight excluding hydrogens is 300 g/mol. The molecule has 0 atom stereocenters. The van der Waals surface area contributed by atoms with Crippen molar-refractivity contribution in [3.63, 3.8) is 0 Å². The predicted octanol–water partition coefficient (Wildman–Crippen LogP) is 1.27. The molecule has 8 nitrogen and oxygen atoms in total. The zero-order chi connectivity index (χ0) is 15.7. The van der Waals surface area contributed by atoms with Crippen LogP contribution in [0.15, 0.2) is 29.2 Å². The van der Waals surface area contributed by atoms with E-state index in [9.17, 15) is 23.3 Å². The molecule has 21 heavy (non-hydrogen) atoms. The third-order valence-electron chi connectivity index (χ3n) is 3.50. The van der Waals surface area contributed by atoms with Gasteiger partial charge in [0.1, 0.15) is 0 Å². The number of rotatable bonds is 6. The van der Waals surface area contributed by atoms with Crippen molar-refractivity contribution in [1.82, 2.24) is 4.72 Å². The number of para-hydroxylation sites is 1. The lowest BCUT2D eigenvalue weighted by Gasteiger charge is -2.40. The summed E-state index contributed by atoms with van der Waals surface area (Å²) >= 11 is 0. The normalized spacial score (nSPS) is 17.0. The molecule has 0 unspecified atom stereocenters. The van der Waals surface area contributed by atoms with Crippen molar-refractivity contribution in [2.24, 2.45) is 0 Å². The Kier molecular flexibility index (Phi) is 3.97. The van der Waals surface area contributed by atoms with Gasteiger partial charge in [-0.25, -0.2) is 13.1 Å². The molecule has 0 aromatic heterocycles. The van der Waals surface area contributed by atoms with E-state index >= 15 is 0 Å². The summed E-state index contributed by atoms with van der Waals surface area (Å²) in [6.45, 7) is 0. The number of nitro groups is 1. The first-order valence-corrected chi connectivity index (χ1v) is 7.73. The molecule has 0 bridgehead atoms. The van der Waals surface area contributed by atoms with E-state index in [2.05, 4.69) is 4.72 Å². The highest BCUT2D eigenvalue weighted by atomic mass is 32.2. The molecule has 9 heteroatoms. The molecule has 1 aliphatic rings. The van der Waals surface area contributed by atoms with Crippen LogP contribution < -0.4 is 4.72 Å². The van der Waals surface area contributed by atoms with Crippen LogP contribution in [0.3, 0.4) is 0 Å². The van der Waals surface area contributed by atoms with Crippen molar-refractivity contribution in [2.75, 3.05) is 0 Å². The summed E-state index contributed by atoms with van der Waals surface area (Å²) in [5.41, 5.74) is -1.58. The fraction of sp³-hybridized carbons (Fsp3) is 0.417. The minimum atomic E-state index is -4.16. The van der Waals surface area contributed by atoms with Gasteiger partial charge in [0.05, 0.1) is 11.3 Å². The lowest BCUT2D eigenvalue weighted by atomic mass is 9.75. The third-order valence-corrected chi connectivity index (χ3v) is 5.13. The predicted molar refractivity (Wildman–Crippen MR) is 72.3 cm³/mol. The van der Waals surface area contributed by atoms with Gasteiger partial charge in [0, 0.05) is 11.6 Å². The van der Waals surface area contributed by atoms with Crippen LogP contribution in [-0.4, -0.2) is 30.0 Å². The smallest absolute Gasteiger partial charge is 0.305 e. The second-order valence-electron chi connectivity index (χ2n) is 5.03. The van der Waals surface area contributed by atoms with Gasteiger partial charge in [-0.15, -0.1) is 0 Å². The van der Waals surface area contributed by atoms with Gasteiger partial charge in [0.2, 0.25) is 10.0 Å². The number of nitro benzene ring substituents is 1. The molecule has 0 radical (unpaired) electrons. The molecule has 1 saturated carbocycles. The summed E-state index contributed by atoms with van der Waals surface area (Å²) in [7, 11) is -4.16. The molecule has 0 saturated heterocycles. The minimum Gasteiger partial charge on any atom is -0.481 e. The molecule has 0 spiro atoms. The Hall–Kier alpha value is -2.00. The van der Waals surface area contributed by atoms with Gasteiger partial charge in [0.15, 0.2) is 4.90 Å². The number of nitrogens with one attached hydrogen (secondary N) is 1. The van der Waals surface area contributed by atoms with Crippen LogP contribution in [0.5, 0.6) is 0 Å². The zero-order valence-electron chi connectivity index (χ0n) is 11.0. The standard InChI is InChI=1S/C12H14N2O6S/c15-11(16)8-12(6-3-7-12)13-21(19,20)10-5-2-1-4-9(10)14(17)18/h1-2,4-5,13H,3,6-8H2,(H,15,16). The van der Waals surface area contributed by atoms with Crippen LogP contribution in [0.2, 0.25) is 0 Å². The van der Waals surface area contributed by atoms with Gasteiger partial charge in [0.25, 0.3) is 5.69 Å². The molecule has 0 heterocycles. The SMILES string of the molecule is O=C(O)CC1(NS(=O)(=O)c2ccccc2[N+](=O)[O-])CCC1. The van der Waals surface area contributed by atoms with Gasteiger partial charge >= 0.3 is 5.97 Å². The number of carbonyl (C=O) groups is 1. The lowest BCUT2D eigenvalue weighted by molar-refractivity contribution is -0.387. The fourth-order valence-electron chi connectivity index (χ4n) is 2.38. The highest BCUT2D eigenvalue weighted by Gasteiger charge is 2.43. The summed E-state index contributed by atoms with van der Waals surface area (Å²) < 4.78 is 27.0. The van der Waals surface area contributed by atoms with Gasteiger partial charge in [-0.2, -0.15) is 0 Å². The van der Waals surface area contributed by atoms with Crippen LogP contribution in [0.1, 0.15) is 25.7 Å². The summed E-state index contributed by atoms with van der Waals surface area (Å²) in [5, 5.41) is 19.8. The van der Waals surface area contributed by atoms with Crippen LogP contribution in [-0.2, 0) is 14.8 Å². The number of aliphatic carboxylic acids is 1. The highest BCUT2D eigenvalue weighted by Crippen LogP contribution is 2.37. The van der Waals surface area contributed by atoms with E-state index in [1.54, 1.807) is 0 Å². The maximum absolute atomic E-state index is 12.3.